The number of aryl methyl sites for hydroxylation is 1. The van der Waals surface area contributed by atoms with Gasteiger partial charge in [-0.3, -0.25) is 9.48 Å². The van der Waals surface area contributed by atoms with Crippen molar-refractivity contribution in [2.75, 3.05) is 5.32 Å². The molecule has 144 valence electrons. The fourth-order valence-electron chi connectivity index (χ4n) is 3.03. The molecule has 3 aromatic heterocycles. The number of nitrogens with zero attached hydrogens (tertiary/aromatic N) is 5. The molecule has 3 heterocycles. The van der Waals surface area contributed by atoms with E-state index in [0.29, 0.717) is 22.3 Å². The number of rotatable bonds is 3. The third kappa shape index (κ3) is 3.68. The van der Waals surface area contributed by atoms with Crippen LogP contribution >= 0.6 is 0 Å². The predicted molar refractivity (Wildman–Crippen MR) is 113 cm³/mol. The average Bonchev–Trinajstić information content (AvgIpc) is 3.38. The number of aromatic nitrogens is 4. The summed E-state index contributed by atoms with van der Waals surface area (Å²) >= 11 is 0. The lowest BCUT2D eigenvalue weighted by molar-refractivity contribution is -0.111. The number of fused-ring (bicyclic) bond motifs is 1. The number of carbonyl (C=O) groups excluding carboxylic acids is 1. The summed E-state index contributed by atoms with van der Waals surface area (Å²) in [5.41, 5.74) is 4.93. The number of nitriles is 1. The molecule has 0 unspecified atom stereocenters. The normalized spacial score (nSPS) is 10.1. The molecule has 0 spiro atoms. The molecule has 4 rings (SSSR count). The van der Waals surface area contributed by atoms with E-state index in [1.54, 1.807) is 27.5 Å². The van der Waals surface area contributed by atoms with Gasteiger partial charge in [-0.2, -0.15) is 15.5 Å². The van der Waals surface area contributed by atoms with Crippen LogP contribution in [0, 0.1) is 23.2 Å². The molecule has 0 radical (unpaired) electrons. The van der Waals surface area contributed by atoms with E-state index in [1.165, 1.54) is 12.3 Å². The van der Waals surface area contributed by atoms with E-state index >= 15 is 0 Å². The number of benzene rings is 1. The number of hydrogen-bond donors (Lipinski definition) is 1. The van der Waals surface area contributed by atoms with Gasteiger partial charge in [0.25, 0.3) is 0 Å². The van der Waals surface area contributed by atoms with Crippen molar-refractivity contribution in [2.24, 2.45) is 7.05 Å². The van der Waals surface area contributed by atoms with Gasteiger partial charge in [0.15, 0.2) is 0 Å². The Kier molecular flexibility index (Phi) is 4.86. The van der Waals surface area contributed by atoms with Crippen LogP contribution in [0.2, 0.25) is 0 Å². The van der Waals surface area contributed by atoms with Gasteiger partial charge in [-0.15, -0.1) is 0 Å². The van der Waals surface area contributed by atoms with Crippen molar-refractivity contribution < 1.29 is 4.79 Å². The Balaban J connectivity index is 1.80. The van der Waals surface area contributed by atoms with Crippen molar-refractivity contribution in [2.45, 2.75) is 0 Å². The van der Waals surface area contributed by atoms with Crippen molar-refractivity contribution in [1.29, 1.82) is 5.26 Å². The highest BCUT2D eigenvalue weighted by Crippen LogP contribution is 2.24. The number of amides is 1. The zero-order chi connectivity index (χ0) is 21.1. The third-order valence-electron chi connectivity index (χ3n) is 4.43. The first-order valence-electron chi connectivity index (χ1n) is 9.03. The lowest BCUT2D eigenvalue weighted by Crippen LogP contribution is -2.07. The minimum atomic E-state index is -0.288. The summed E-state index contributed by atoms with van der Waals surface area (Å²) in [6.07, 6.45) is 8.25. The highest BCUT2D eigenvalue weighted by atomic mass is 16.1. The lowest BCUT2D eigenvalue weighted by Gasteiger charge is -2.04. The van der Waals surface area contributed by atoms with Crippen LogP contribution in [0.25, 0.3) is 16.6 Å². The smallest absolute Gasteiger partial charge is 0.247 e. The molecular formula is C23H16N6O. The van der Waals surface area contributed by atoms with Crippen molar-refractivity contribution in [3.63, 3.8) is 0 Å². The molecule has 0 fully saturated rings. The Morgan fingerprint density at radius 1 is 1.13 bits per heavy atom. The summed E-state index contributed by atoms with van der Waals surface area (Å²) in [5.74, 6) is 5.98. The van der Waals surface area contributed by atoms with Gasteiger partial charge < -0.3 is 5.32 Å². The first kappa shape index (κ1) is 18.7. The number of anilines is 1. The molecule has 1 N–H and O–H groups in total. The van der Waals surface area contributed by atoms with Crippen LogP contribution in [0.3, 0.4) is 0 Å². The summed E-state index contributed by atoms with van der Waals surface area (Å²) in [4.78, 5) is 11.5. The number of hydrogen-bond acceptors (Lipinski definition) is 4. The molecule has 0 aliphatic rings. The molecule has 0 aliphatic carbocycles. The molecule has 0 atom stereocenters. The van der Waals surface area contributed by atoms with Gasteiger partial charge in [0.1, 0.15) is 6.07 Å². The van der Waals surface area contributed by atoms with Crippen molar-refractivity contribution >= 4 is 17.1 Å². The monoisotopic (exact) mass is 392 g/mol. The lowest BCUT2D eigenvalue weighted by atomic mass is 10.1. The topological polar surface area (TPSA) is 88.0 Å². The van der Waals surface area contributed by atoms with Crippen LogP contribution < -0.4 is 5.32 Å². The van der Waals surface area contributed by atoms with E-state index in [-0.39, 0.29) is 5.91 Å². The van der Waals surface area contributed by atoms with E-state index in [2.05, 4.69) is 40.0 Å². The molecule has 7 heteroatoms. The summed E-state index contributed by atoms with van der Waals surface area (Å²) in [7, 11) is 1.85. The molecule has 0 saturated heterocycles. The minimum Gasteiger partial charge on any atom is -0.322 e. The third-order valence-corrected chi connectivity index (χ3v) is 4.43. The molecule has 1 aromatic carbocycles. The number of carbonyl (C=O) groups is 1. The predicted octanol–water partition coefficient (Wildman–Crippen LogP) is 3.13. The Hall–Kier alpha value is -4.62. The van der Waals surface area contributed by atoms with Gasteiger partial charge >= 0.3 is 0 Å². The van der Waals surface area contributed by atoms with Gasteiger partial charge in [-0.25, -0.2) is 4.52 Å². The van der Waals surface area contributed by atoms with Gasteiger partial charge in [0.05, 0.1) is 29.0 Å². The molecular weight excluding hydrogens is 376 g/mol. The Morgan fingerprint density at radius 3 is 2.73 bits per heavy atom. The van der Waals surface area contributed by atoms with Gasteiger partial charge in [0.2, 0.25) is 5.91 Å². The summed E-state index contributed by atoms with van der Waals surface area (Å²) < 4.78 is 3.38. The van der Waals surface area contributed by atoms with E-state index in [0.717, 1.165) is 16.7 Å². The summed E-state index contributed by atoms with van der Waals surface area (Å²) in [6, 6.07) is 11.3. The second-order valence-electron chi connectivity index (χ2n) is 6.53. The highest BCUT2D eigenvalue weighted by molar-refractivity contribution is 5.98. The van der Waals surface area contributed by atoms with E-state index in [4.69, 9.17) is 0 Å². The van der Waals surface area contributed by atoms with Crippen LogP contribution in [0.4, 0.5) is 5.69 Å². The van der Waals surface area contributed by atoms with Crippen LogP contribution in [0.1, 0.15) is 16.7 Å². The van der Waals surface area contributed by atoms with Crippen molar-refractivity contribution in [3.05, 3.63) is 84.5 Å². The fourth-order valence-corrected chi connectivity index (χ4v) is 3.03. The van der Waals surface area contributed by atoms with Gasteiger partial charge in [-0.1, -0.05) is 24.5 Å². The Bertz CT molecular complexity index is 1390. The maximum absolute atomic E-state index is 11.5. The second-order valence-corrected chi connectivity index (χ2v) is 6.53. The van der Waals surface area contributed by atoms with Gasteiger partial charge in [-0.05, 0) is 30.3 Å². The average molecular weight is 392 g/mol. The first-order valence-corrected chi connectivity index (χ1v) is 9.03. The minimum absolute atomic E-state index is 0.288. The molecule has 0 bridgehead atoms. The number of pyridine rings is 1. The molecule has 30 heavy (non-hydrogen) atoms. The quantitative estimate of drug-likeness (QED) is 0.429. The summed E-state index contributed by atoms with van der Waals surface area (Å²) in [5, 5.41) is 20.7. The maximum Gasteiger partial charge on any atom is 0.247 e. The van der Waals surface area contributed by atoms with Crippen LogP contribution in [0.15, 0.2) is 67.8 Å². The van der Waals surface area contributed by atoms with Crippen LogP contribution in [0.5, 0.6) is 0 Å². The zero-order valence-electron chi connectivity index (χ0n) is 16.1. The SMILES string of the molecule is C=CC(=O)Nc1cccc(C#Cc2cc(-c3cnn(C)c3)cn3ncc(C#N)c23)c1. The van der Waals surface area contributed by atoms with E-state index in [1.807, 2.05) is 37.6 Å². The molecule has 7 nitrogen and oxygen atoms in total. The van der Waals surface area contributed by atoms with Crippen molar-refractivity contribution in [1.82, 2.24) is 19.4 Å². The molecule has 4 aromatic rings. The zero-order valence-corrected chi connectivity index (χ0v) is 16.1. The van der Waals surface area contributed by atoms with E-state index < -0.39 is 0 Å². The second kappa shape index (κ2) is 7.78. The number of nitrogens with one attached hydrogen (secondary N) is 1. The molecule has 0 saturated carbocycles. The standard InChI is InChI=1S/C23H16N6O/c1-3-22(30)27-21-6-4-5-16(9-21)7-8-17-10-18(20-13-25-28(2)14-20)15-29-23(17)19(11-24)12-26-29/h3-6,9-10,12-15H,1H2,2H3,(H,27,30). The highest BCUT2D eigenvalue weighted by Gasteiger charge is 2.11. The fraction of sp³-hybridized carbons (Fsp3) is 0.0435. The van der Waals surface area contributed by atoms with Crippen LogP contribution in [-0.4, -0.2) is 25.3 Å². The Labute approximate surface area is 172 Å². The maximum atomic E-state index is 11.5. The first-order chi connectivity index (χ1) is 14.6. The van der Waals surface area contributed by atoms with Crippen LogP contribution in [-0.2, 0) is 11.8 Å². The largest absolute Gasteiger partial charge is 0.322 e. The Morgan fingerprint density at radius 2 is 2.00 bits per heavy atom. The summed E-state index contributed by atoms with van der Waals surface area (Å²) in [6.45, 7) is 3.45. The molecule has 1 amide bonds. The van der Waals surface area contributed by atoms with E-state index in [9.17, 15) is 10.1 Å². The van der Waals surface area contributed by atoms with Gasteiger partial charge in [0, 0.05) is 41.8 Å². The van der Waals surface area contributed by atoms with Crippen molar-refractivity contribution in [3.8, 4) is 29.0 Å². The molecule has 0 aliphatic heterocycles.